The Bertz CT molecular complexity index is 510. The van der Waals surface area contributed by atoms with Crippen LogP contribution in [0.3, 0.4) is 0 Å². The topological polar surface area (TPSA) is 165 Å². The van der Waals surface area contributed by atoms with Crippen molar-refractivity contribution in [1.29, 1.82) is 0 Å². The highest BCUT2D eigenvalue weighted by molar-refractivity contribution is 6.01. The summed E-state index contributed by atoms with van der Waals surface area (Å²) in [5.74, 6) is -2.46. The van der Waals surface area contributed by atoms with Gasteiger partial charge in [0.05, 0.1) is 24.3 Å². The van der Waals surface area contributed by atoms with Gasteiger partial charge >= 0.3 is 11.9 Å². The number of rotatable bonds is 3. The third kappa shape index (κ3) is 4.98. The normalized spacial score (nSPS) is 26.8. The van der Waals surface area contributed by atoms with E-state index in [1.807, 2.05) is 0 Å². The molecule has 0 aliphatic carbocycles. The SMILES string of the molecule is O=C(O)c1ccccc1C(=O)O.OC[C@H]1OC[C@H](O)[C@@H](O)[C@@H]1O. The number of carbonyl (C=O) groups is 2. The molecule has 0 bridgehead atoms. The Labute approximate surface area is 131 Å². The van der Waals surface area contributed by atoms with Crippen LogP contribution in [0.2, 0.25) is 0 Å². The lowest BCUT2D eigenvalue weighted by Crippen LogP contribution is -2.53. The fraction of sp³-hybridized carbons (Fsp3) is 0.429. The monoisotopic (exact) mass is 330 g/mol. The largest absolute Gasteiger partial charge is 0.478 e. The van der Waals surface area contributed by atoms with Crippen LogP contribution in [0.25, 0.3) is 0 Å². The highest BCUT2D eigenvalue weighted by Crippen LogP contribution is 2.14. The van der Waals surface area contributed by atoms with E-state index in [1.165, 1.54) is 24.3 Å². The Morgan fingerprint density at radius 3 is 1.87 bits per heavy atom. The zero-order valence-corrected chi connectivity index (χ0v) is 11.9. The number of carboxylic acids is 2. The first-order chi connectivity index (χ1) is 10.8. The molecule has 9 heteroatoms. The number of benzene rings is 1. The summed E-state index contributed by atoms with van der Waals surface area (Å²) in [4.78, 5) is 20.9. The van der Waals surface area contributed by atoms with Gasteiger partial charge in [0.15, 0.2) is 0 Å². The van der Waals surface area contributed by atoms with Crippen molar-refractivity contribution in [3.63, 3.8) is 0 Å². The molecule has 1 aromatic rings. The molecule has 0 radical (unpaired) electrons. The third-order valence-electron chi connectivity index (χ3n) is 3.17. The Hall–Kier alpha value is -2.04. The Morgan fingerprint density at radius 1 is 1.00 bits per heavy atom. The molecule has 6 N–H and O–H groups in total. The zero-order valence-electron chi connectivity index (χ0n) is 11.9. The van der Waals surface area contributed by atoms with Gasteiger partial charge in [0.1, 0.15) is 24.4 Å². The van der Waals surface area contributed by atoms with Crippen LogP contribution in [-0.2, 0) is 4.74 Å². The maximum Gasteiger partial charge on any atom is 0.336 e. The molecule has 0 aromatic heterocycles. The molecule has 1 aromatic carbocycles. The van der Waals surface area contributed by atoms with Crippen molar-refractivity contribution < 1.29 is 45.0 Å². The van der Waals surface area contributed by atoms with Gasteiger partial charge in [-0.3, -0.25) is 0 Å². The minimum atomic E-state index is -1.23. The lowest BCUT2D eigenvalue weighted by molar-refractivity contribution is -0.195. The molecule has 0 spiro atoms. The van der Waals surface area contributed by atoms with Gasteiger partial charge < -0.3 is 35.4 Å². The second-order valence-electron chi connectivity index (χ2n) is 4.76. The van der Waals surface area contributed by atoms with Crippen LogP contribution in [0, 0.1) is 0 Å². The van der Waals surface area contributed by atoms with E-state index in [2.05, 4.69) is 0 Å². The zero-order chi connectivity index (χ0) is 17.6. The molecule has 1 fully saturated rings. The van der Waals surface area contributed by atoms with Gasteiger partial charge in [-0.1, -0.05) is 12.1 Å². The van der Waals surface area contributed by atoms with Gasteiger partial charge in [-0.25, -0.2) is 9.59 Å². The fourth-order valence-corrected chi connectivity index (χ4v) is 1.88. The van der Waals surface area contributed by atoms with E-state index in [9.17, 15) is 9.59 Å². The van der Waals surface area contributed by atoms with Crippen molar-refractivity contribution >= 4 is 11.9 Å². The molecule has 23 heavy (non-hydrogen) atoms. The predicted molar refractivity (Wildman–Crippen MR) is 75.2 cm³/mol. The first kappa shape index (κ1) is 19.0. The lowest BCUT2D eigenvalue weighted by atomic mass is 10.0. The predicted octanol–water partition coefficient (Wildman–Crippen LogP) is -1.46. The molecule has 1 saturated heterocycles. The Kier molecular flexibility index (Phi) is 7.07. The Balaban J connectivity index is 0.000000231. The summed E-state index contributed by atoms with van der Waals surface area (Å²) in [5.41, 5.74) is -0.380. The fourth-order valence-electron chi connectivity index (χ4n) is 1.88. The van der Waals surface area contributed by atoms with E-state index in [0.29, 0.717) is 0 Å². The van der Waals surface area contributed by atoms with Crippen LogP contribution in [-0.4, -0.2) is 80.2 Å². The number of aliphatic hydroxyl groups excluding tert-OH is 4. The summed E-state index contributed by atoms with van der Waals surface area (Å²) in [6.07, 6.45) is -4.27. The van der Waals surface area contributed by atoms with Crippen LogP contribution < -0.4 is 0 Å². The number of hydrogen-bond acceptors (Lipinski definition) is 7. The van der Waals surface area contributed by atoms with E-state index in [-0.39, 0.29) is 24.3 Å². The first-order valence-corrected chi connectivity index (χ1v) is 6.61. The summed E-state index contributed by atoms with van der Waals surface area (Å²) in [6, 6.07) is 5.48. The van der Waals surface area contributed by atoms with Crippen molar-refractivity contribution in [2.24, 2.45) is 0 Å². The van der Waals surface area contributed by atoms with E-state index in [4.69, 9.17) is 35.4 Å². The van der Waals surface area contributed by atoms with E-state index in [1.54, 1.807) is 0 Å². The average Bonchev–Trinajstić information content (AvgIpc) is 2.53. The van der Waals surface area contributed by atoms with Gasteiger partial charge in [-0.2, -0.15) is 0 Å². The van der Waals surface area contributed by atoms with Crippen molar-refractivity contribution in [1.82, 2.24) is 0 Å². The van der Waals surface area contributed by atoms with Crippen LogP contribution in [0.5, 0.6) is 0 Å². The van der Waals surface area contributed by atoms with Gasteiger partial charge in [-0.15, -0.1) is 0 Å². The van der Waals surface area contributed by atoms with Gasteiger partial charge in [0.2, 0.25) is 0 Å². The molecule has 0 saturated carbocycles. The summed E-state index contributed by atoms with van der Waals surface area (Å²) in [5, 5.41) is 52.8. The summed E-state index contributed by atoms with van der Waals surface area (Å²) < 4.78 is 4.81. The highest BCUT2D eigenvalue weighted by atomic mass is 16.5. The van der Waals surface area contributed by atoms with Crippen molar-refractivity contribution in [2.45, 2.75) is 24.4 Å². The van der Waals surface area contributed by atoms with Gasteiger partial charge in [0.25, 0.3) is 0 Å². The second kappa shape index (κ2) is 8.56. The summed E-state index contributed by atoms with van der Waals surface area (Å²) in [7, 11) is 0. The van der Waals surface area contributed by atoms with Crippen LogP contribution in [0.4, 0.5) is 0 Å². The van der Waals surface area contributed by atoms with Gasteiger partial charge in [0, 0.05) is 0 Å². The molecule has 1 aliphatic heterocycles. The van der Waals surface area contributed by atoms with E-state index < -0.39 is 36.4 Å². The minimum Gasteiger partial charge on any atom is -0.478 e. The molecule has 0 amide bonds. The van der Waals surface area contributed by atoms with E-state index >= 15 is 0 Å². The molecule has 9 nitrogen and oxygen atoms in total. The van der Waals surface area contributed by atoms with Crippen molar-refractivity contribution in [2.75, 3.05) is 13.2 Å². The number of carboxylic acid groups (broad SMARTS) is 2. The number of aromatic carboxylic acids is 2. The number of hydrogen-bond donors (Lipinski definition) is 6. The molecule has 1 heterocycles. The maximum atomic E-state index is 10.5. The molecule has 4 atom stereocenters. The smallest absolute Gasteiger partial charge is 0.336 e. The molecular formula is C14H18O9. The Morgan fingerprint density at radius 2 is 1.48 bits per heavy atom. The first-order valence-electron chi connectivity index (χ1n) is 6.61. The minimum absolute atomic E-state index is 0.0521. The average molecular weight is 330 g/mol. The lowest BCUT2D eigenvalue weighted by Gasteiger charge is -2.34. The molecule has 2 rings (SSSR count). The van der Waals surface area contributed by atoms with Gasteiger partial charge in [-0.05, 0) is 12.1 Å². The molecule has 0 unspecified atom stereocenters. The standard InChI is InChI=1S/C8H6O4.C6H12O5/c9-7(10)5-3-1-2-4-6(5)8(11)12;7-1-4-6(10)5(9)3(8)2-11-4/h1-4H,(H,9,10)(H,11,12);3-10H,1-2H2/t;3-,4+,5+,6+/m.0/s1. The summed E-state index contributed by atoms with van der Waals surface area (Å²) in [6.45, 7) is -0.408. The molecule has 1 aliphatic rings. The van der Waals surface area contributed by atoms with Crippen molar-refractivity contribution in [3.8, 4) is 0 Å². The molecule has 128 valence electrons. The van der Waals surface area contributed by atoms with Crippen molar-refractivity contribution in [3.05, 3.63) is 35.4 Å². The highest BCUT2D eigenvalue weighted by Gasteiger charge is 2.36. The van der Waals surface area contributed by atoms with Crippen LogP contribution in [0.15, 0.2) is 24.3 Å². The second-order valence-corrected chi connectivity index (χ2v) is 4.76. The quantitative estimate of drug-likeness (QED) is 0.388. The number of aliphatic hydroxyl groups is 4. The summed E-state index contributed by atoms with van der Waals surface area (Å²) >= 11 is 0. The third-order valence-corrected chi connectivity index (χ3v) is 3.17. The van der Waals surface area contributed by atoms with E-state index in [0.717, 1.165) is 0 Å². The maximum absolute atomic E-state index is 10.5. The number of ether oxygens (including phenoxy) is 1. The van der Waals surface area contributed by atoms with Crippen LogP contribution in [0.1, 0.15) is 20.7 Å². The van der Waals surface area contributed by atoms with Crippen LogP contribution >= 0.6 is 0 Å². The molecular weight excluding hydrogens is 312 g/mol.